The SMILES string of the molecule is COCC1CCCN(C(=O)Nc2ccc(CC(F)(F)F)cc2)C1. The van der Waals surface area contributed by atoms with Crippen molar-refractivity contribution >= 4 is 11.7 Å². The average molecular weight is 330 g/mol. The van der Waals surface area contributed by atoms with Crippen LogP contribution in [0.1, 0.15) is 18.4 Å². The Morgan fingerprint density at radius 3 is 2.65 bits per heavy atom. The Hall–Kier alpha value is -1.76. The minimum Gasteiger partial charge on any atom is -0.384 e. The van der Waals surface area contributed by atoms with Crippen LogP contribution in [0.15, 0.2) is 24.3 Å². The van der Waals surface area contributed by atoms with Crippen molar-refractivity contribution in [2.75, 3.05) is 32.1 Å². The van der Waals surface area contributed by atoms with Gasteiger partial charge in [-0.2, -0.15) is 13.2 Å². The molecular weight excluding hydrogens is 309 g/mol. The third-order valence-corrected chi connectivity index (χ3v) is 3.82. The summed E-state index contributed by atoms with van der Waals surface area (Å²) >= 11 is 0. The first-order chi connectivity index (χ1) is 10.9. The summed E-state index contributed by atoms with van der Waals surface area (Å²) in [5, 5.41) is 2.73. The monoisotopic (exact) mass is 330 g/mol. The van der Waals surface area contributed by atoms with E-state index in [1.165, 1.54) is 24.3 Å². The lowest BCUT2D eigenvalue weighted by molar-refractivity contribution is -0.127. The second-order valence-corrected chi connectivity index (χ2v) is 5.83. The molecule has 1 aliphatic rings. The first-order valence-electron chi connectivity index (χ1n) is 7.58. The highest BCUT2D eigenvalue weighted by Gasteiger charge is 2.27. The van der Waals surface area contributed by atoms with Gasteiger partial charge in [-0.3, -0.25) is 0 Å². The number of nitrogens with one attached hydrogen (secondary N) is 1. The van der Waals surface area contributed by atoms with Gasteiger partial charge in [0.15, 0.2) is 0 Å². The predicted molar refractivity (Wildman–Crippen MR) is 81.4 cm³/mol. The van der Waals surface area contributed by atoms with Gasteiger partial charge in [0.1, 0.15) is 0 Å². The molecule has 4 nitrogen and oxygen atoms in total. The number of hydrogen-bond donors (Lipinski definition) is 1. The number of ether oxygens (including phenoxy) is 1. The molecule has 2 rings (SSSR count). The molecule has 1 saturated heterocycles. The first-order valence-corrected chi connectivity index (χ1v) is 7.58. The minimum absolute atomic E-state index is 0.175. The topological polar surface area (TPSA) is 41.6 Å². The summed E-state index contributed by atoms with van der Waals surface area (Å²) in [7, 11) is 1.64. The lowest BCUT2D eigenvalue weighted by Crippen LogP contribution is -2.43. The highest BCUT2D eigenvalue weighted by atomic mass is 19.4. The van der Waals surface area contributed by atoms with Crippen LogP contribution in [0.2, 0.25) is 0 Å². The van der Waals surface area contributed by atoms with Crippen molar-refractivity contribution in [3.8, 4) is 0 Å². The molecule has 1 aliphatic heterocycles. The molecule has 1 aromatic carbocycles. The van der Waals surface area contributed by atoms with E-state index in [2.05, 4.69) is 5.32 Å². The number of alkyl halides is 3. The van der Waals surface area contributed by atoms with Gasteiger partial charge in [-0.1, -0.05) is 12.1 Å². The average Bonchev–Trinajstić information content (AvgIpc) is 2.48. The standard InChI is InChI=1S/C16H21F3N2O2/c1-23-11-13-3-2-8-21(10-13)15(22)20-14-6-4-12(5-7-14)9-16(17,18)19/h4-7,13H,2-3,8-11H2,1H3,(H,20,22). The lowest BCUT2D eigenvalue weighted by atomic mass is 9.99. The van der Waals surface area contributed by atoms with Crippen LogP contribution in [0.5, 0.6) is 0 Å². The fourth-order valence-electron chi connectivity index (χ4n) is 2.76. The highest BCUT2D eigenvalue weighted by Crippen LogP contribution is 2.23. The molecule has 128 valence electrons. The quantitative estimate of drug-likeness (QED) is 0.915. The molecule has 1 fully saturated rings. The molecule has 0 aliphatic carbocycles. The van der Waals surface area contributed by atoms with Crippen LogP contribution in [0.25, 0.3) is 0 Å². The fourth-order valence-corrected chi connectivity index (χ4v) is 2.76. The molecule has 1 heterocycles. The Balaban J connectivity index is 1.89. The van der Waals surface area contributed by atoms with Gasteiger partial charge in [0.25, 0.3) is 0 Å². The van der Waals surface area contributed by atoms with Crippen molar-refractivity contribution in [3.63, 3.8) is 0 Å². The molecule has 7 heteroatoms. The Labute approximate surface area is 133 Å². The van der Waals surface area contributed by atoms with Crippen molar-refractivity contribution in [3.05, 3.63) is 29.8 Å². The number of amides is 2. The van der Waals surface area contributed by atoms with Crippen LogP contribution in [0.4, 0.5) is 23.7 Å². The number of methoxy groups -OCH3 is 1. The van der Waals surface area contributed by atoms with Crippen molar-refractivity contribution in [1.82, 2.24) is 4.90 Å². The number of urea groups is 1. The summed E-state index contributed by atoms with van der Waals surface area (Å²) in [5.41, 5.74) is 0.670. The van der Waals surface area contributed by atoms with E-state index in [-0.39, 0.29) is 11.6 Å². The Bertz CT molecular complexity index is 515. The zero-order valence-electron chi connectivity index (χ0n) is 13.0. The smallest absolute Gasteiger partial charge is 0.384 e. The molecule has 2 amide bonds. The summed E-state index contributed by atoms with van der Waals surface area (Å²) in [4.78, 5) is 13.9. The largest absolute Gasteiger partial charge is 0.393 e. The van der Waals surface area contributed by atoms with Crippen LogP contribution >= 0.6 is 0 Å². The summed E-state index contributed by atoms with van der Waals surface area (Å²) in [6, 6.07) is 5.53. The van der Waals surface area contributed by atoms with Crippen LogP contribution < -0.4 is 5.32 Å². The summed E-state index contributed by atoms with van der Waals surface area (Å²) < 4.78 is 42.1. The van der Waals surface area contributed by atoms with Crippen molar-refractivity contribution in [1.29, 1.82) is 0 Å². The number of carbonyl (C=O) groups is 1. The van der Waals surface area contributed by atoms with E-state index in [9.17, 15) is 18.0 Å². The van der Waals surface area contributed by atoms with Crippen molar-refractivity contribution < 1.29 is 22.7 Å². The third kappa shape index (κ3) is 5.74. The summed E-state index contributed by atoms with van der Waals surface area (Å²) in [6.07, 6.45) is -3.24. The van der Waals surface area contributed by atoms with E-state index in [0.29, 0.717) is 31.3 Å². The van der Waals surface area contributed by atoms with Crippen molar-refractivity contribution in [2.45, 2.75) is 25.4 Å². The van der Waals surface area contributed by atoms with E-state index >= 15 is 0 Å². The summed E-state index contributed by atoms with van der Waals surface area (Å²) in [5.74, 6) is 0.327. The molecule has 0 spiro atoms. The van der Waals surface area contributed by atoms with Crippen LogP contribution in [0, 0.1) is 5.92 Å². The van der Waals surface area contributed by atoms with Gasteiger partial charge in [0.2, 0.25) is 0 Å². The number of benzene rings is 1. The molecular formula is C16H21F3N2O2. The number of rotatable bonds is 4. The Morgan fingerprint density at radius 2 is 2.04 bits per heavy atom. The Morgan fingerprint density at radius 1 is 1.35 bits per heavy atom. The molecule has 1 unspecified atom stereocenters. The second-order valence-electron chi connectivity index (χ2n) is 5.83. The molecule has 1 N–H and O–H groups in total. The molecule has 0 saturated carbocycles. The molecule has 0 radical (unpaired) electrons. The maximum Gasteiger partial charge on any atom is 0.393 e. The number of likely N-dealkylation sites (tertiary alicyclic amines) is 1. The molecule has 0 bridgehead atoms. The van der Waals surface area contributed by atoms with E-state index in [1.54, 1.807) is 12.0 Å². The van der Waals surface area contributed by atoms with E-state index in [0.717, 1.165) is 12.8 Å². The van der Waals surface area contributed by atoms with Gasteiger partial charge in [-0.25, -0.2) is 4.79 Å². The number of hydrogen-bond acceptors (Lipinski definition) is 2. The molecule has 1 atom stereocenters. The minimum atomic E-state index is -4.23. The van der Waals surface area contributed by atoms with Gasteiger partial charge in [0, 0.05) is 31.8 Å². The maximum atomic E-state index is 12.3. The Kier molecular flexibility index (Phi) is 5.87. The predicted octanol–water partition coefficient (Wildman–Crippen LogP) is 3.68. The summed E-state index contributed by atoms with van der Waals surface area (Å²) in [6.45, 7) is 1.93. The maximum absolute atomic E-state index is 12.3. The number of carbonyl (C=O) groups excluding carboxylic acids is 1. The normalized spacial score (nSPS) is 18.8. The third-order valence-electron chi connectivity index (χ3n) is 3.82. The van der Waals surface area contributed by atoms with Crippen LogP contribution in [0.3, 0.4) is 0 Å². The van der Waals surface area contributed by atoms with Crippen molar-refractivity contribution in [2.24, 2.45) is 5.92 Å². The van der Waals surface area contributed by atoms with Gasteiger partial charge < -0.3 is 15.0 Å². The highest BCUT2D eigenvalue weighted by molar-refractivity contribution is 5.89. The van der Waals surface area contributed by atoms with E-state index in [1.807, 2.05) is 0 Å². The van der Waals surface area contributed by atoms with Gasteiger partial charge in [-0.05, 0) is 30.5 Å². The van der Waals surface area contributed by atoms with Gasteiger partial charge in [0.05, 0.1) is 13.0 Å². The zero-order chi connectivity index (χ0) is 16.9. The fraction of sp³-hybridized carbons (Fsp3) is 0.562. The van der Waals surface area contributed by atoms with Gasteiger partial charge >= 0.3 is 12.2 Å². The van der Waals surface area contributed by atoms with Crippen LogP contribution in [-0.2, 0) is 11.2 Å². The number of nitrogens with zero attached hydrogens (tertiary/aromatic N) is 1. The first kappa shape index (κ1) is 17.6. The van der Waals surface area contributed by atoms with Crippen LogP contribution in [-0.4, -0.2) is 43.9 Å². The van der Waals surface area contributed by atoms with E-state index < -0.39 is 12.6 Å². The van der Waals surface area contributed by atoms with E-state index in [4.69, 9.17) is 4.74 Å². The number of anilines is 1. The molecule has 0 aromatic heterocycles. The second kappa shape index (κ2) is 7.68. The van der Waals surface area contributed by atoms with Gasteiger partial charge in [-0.15, -0.1) is 0 Å². The zero-order valence-corrected chi connectivity index (χ0v) is 13.0. The lowest BCUT2D eigenvalue weighted by Gasteiger charge is -2.32. The number of piperidine rings is 1. The molecule has 1 aromatic rings. The molecule has 23 heavy (non-hydrogen) atoms. The number of halogens is 3.